The van der Waals surface area contributed by atoms with Gasteiger partial charge in [0.05, 0.1) is 10.6 Å². The third kappa shape index (κ3) is 3.88. The first-order chi connectivity index (χ1) is 13.5. The molecule has 4 rings (SSSR count). The lowest BCUT2D eigenvalue weighted by Gasteiger charge is -2.32. The quantitative estimate of drug-likeness (QED) is 0.820. The van der Waals surface area contributed by atoms with Gasteiger partial charge in [0.15, 0.2) is 11.5 Å². The Balaban J connectivity index is 1.34. The fourth-order valence-electron chi connectivity index (χ4n) is 3.37. The molecule has 8 heteroatoms. The molecule has 2 aromatic carbocycles. The molecule has 0 saturated carbocycles. The molecule has 0 bridgehead atoms. The summed E-state index contributed by atoms with van der Waals surface area (Å²) in [7, 11) is 0. The van der Waals surface area contributed by atoms with E-state index in [9.17, 15) is 9.59 Å². The number of nitrogens with one attached hydrogen (secondary N) is 1. The molecule has 0 aliphatic carbocycles. The molecule has 0 spiro atoms. The SMILES string of the molecule is O=C(NC1CCN(C(=O)c2ccc(Cl)cc2Cl)CC1)c1ccc2c(c1)OCO2. The molecule has 2 aliphatic heterocycles. The van der Waals surface area contributed by atoms with Crippen molar-refractivity contribution in [3.63, 3.8) is 0 Å². The van der Waals surface area contributed by atoms with Crippen LogP contribution in [0.3, 0.4) is 0 Å². The third-order valence-corrected chi connectivity index (χ3v) is 5.46. The fraction of sp³-hybridized carbons (Fsp3) is 0.300. The van der Waals surface area contributed by atoms with Crippen molar-refractivity contribution in [1.29, 1.82) is 0 Å². The number of amides is 2. The van der Waals surface area contributed by atoms with Crippen molar-refractivity contribution in [3.05, 3.63) is 57.6 Å². The maximum absolute atomic E-state index is 12.7. The molecule has 2 heterocycles. The van der Waals surface area contributed by atoms with Crippen LogP contribution in [0.25, 0.3) is 0 Å². The van der Waals surface area contributed by atoms with E-state index in [0.29, 0.717) is 58.6 Å². The largest absolute Gasteiger partial charge is 0.454 e. The minimum absolute atomic E-state index is 0.00247. The second-order valence-corrected chi connectivity index (χ2v) is 7.58. The third-order valence-electron chi connectivity index (χ3n) is 4.91. The number of piperidine rings is 1. The van der Waals surface area contributed by atoms with E-state index in [2.05, 4.69) is 5.32 Å². The van der Waals surface area contributed by atoms with Gasteiger partial charge in [-0.25, -0.2) is 0 Å². The van der Waals surface area contributed by atoms with E-state index in [0.717, 1.165) is 0 Å². The van der Waals surface area contributed by atoms with Gasteiger partial charge in [0.2, 0.25) is 6.79 Å². The Morgan fingerprint density at radius 2 is 1.75 bits per heavy atom. The van der Waals surface area contributed by atoms with Gasteiger partial charge in [-0.2, -0.15) is 0 Å². The molecule has 0 atom stereocenters. The van der Waals surface area contributed by atoms with Gasteiger partial charge in [-0.15, -0.1) is 0 Å². The van der Waals surface area contributed by atoms with E-state index < -0.39 is 0 Å². The van der Waals surface area contributed by atoms with Gasteiger partial charge < -0.3 is 19.7 Å². The predicted octanol–water partition coefficient (Wildman–Crippen LogP) is 3.76. The monoisotopic (exact) mass is 420 g/mol. The number of nitrogens with zero attached hydrogens (tertiary/aromatic N) is 1. The summed E-state index contributed by atoms with van der Waals surface area (Å²) in [5.74, 6) is 0.933. The summed E-state index contributed by atoms with van der Waals surface area (Å²) in [5.41, 5.74) is 0.963. The fourth-order valence-corrected chi connectivity index (χ4v) is 3.86. The molecule has 0 unspecified atom stereocenters. The molecule has 2 amide bonds. The van der Waals surface area contributed by atoms with Crippen LogP contribution in [-0.4, -0.2) is 42.6 Å². The topological polar surface area (TPSA) is 67.9 Å². The maximum atomic E-state index is 12.7. The highest BCUT2D eigenvalue weighted by Crippen LogP contribution is 2.32. The van der Waals surface area contributed by atoms with Crippen molar-refractivity contribution in [2.75, 3.05) is 19.9 Å². The van der Waals surface area contributed by atoms with Crippen LogP contribution in [-0.2, 0) is 0 Å². The average Bonchev–Trinajstić information content (AvgIpc) is 3.16. The Bertz CT molecular complexity index is 926. The molecule has 1 saturated heterocycles. The zero-order valence-electron chi connectivity index (χ0n) is 14.9. The van der Waals surface area contributed by atoms with Gasteiger partial charge >= 0.3 is 0 Å². The second kappa shape index (κ2) is 7.89. The lowest BCUT2D eigenvalue weighted by Crippen LogP contribution is -2.46. The van der Waals surface area contributed by atoms with E-state index in [1.807, 2.05) is 0 Å². The lowest BCUT2D eigenvalue weighted by molar-refractivity contribution is 0.0698. The van der Waals surface area contributed by atoms with Gasteiger partial charge in [-0.3, -0.25) is 9.59 Å². The predicted molar refractivity (Wildman–Crippen MR) is 105 cm³/mol. The summed E-state index contributed by atoms with van der Waals surface area (Å²) in [6, 6.07) is 9.98. The Kier molecular flexibility index (Phi) is 5.33. The molecule has 6 nitrogen and oxygen atoms in total. The molecule has 0 aromatic heterocycles. The number of ether oxygens (including phenoxy) is 2. The zero-order valence-corrected chi connectivity index (χ0v) is 16.4. The van der Waals surface area contributed by atoms with E-state index in [1.165, 1.54) is 0 Å². The first-order valence-corrected chi connectivity index (χ1v) is 9.72. The number of fused-ring (bicyclic) bond motifs is 1. The van der Waals surface area contributed by atoms with Crippen LogP contribution in [0.5, 0.6) is 11.5 Å². The number of likely N-dealkylation sites (tertiary alicyclic amines) is 1. The van der Waals surface area contributed by atoms with Crippen molar-refractivity contribution in [2.24, 2.45) is 0 Å². The first-order valence-electron chi connectivity index (χ1n) is 8.96. The number of rotatable bonds is 3. The van der Waals surface area contributed by atoms with Gasteiger partial charge in [0.1, 0.15) is 0 Å². The van der Waals surface area contributed by atoms with Gasteiger partial charge in [-0.1, -0.05) is 23.2 Å². The Hall–Kier alpha value is -2.44. The van der Waals surface area contributed by atoms with Crippen molar-refractivity contribution in [2.45, 2.75) is 18.9 Å². The number of hydrogen-bond donors (Lipinski definition) is 1. The van der Waals surface area contributed by atoms with Crippen molar-refractivity contribution < 1.29 is 19.1 Å². The molecule has 146 valence electrons. The van der Waals surface area contributed by atoms with E-state index in [1.54, 1.807) is 41.3 Å². The Labute approximate surface area is 172 Å². The standard InChI is InChI=1S/C20H18Cl2N2O4/c21-13-2-3-15(16(22)10-13)20(26)24-7-5-14(6-8-24)23-19(25)12-1-4-17-18(9-12)28-11-27-17/h1-4,9-10,14H,5-8,11H2,(H,23,25). The molecule has 2 aliphatic rings. The first kappa shape index (κ1) is 18.9. The Morgan fingerprint density at radius 1 is 1.00 bits per heavy atom. The summed E-state index contributed by atoms with van der Waals surface area (Å²) < 4.78 is 10.6. The molecule has 1 fully saturated rings. The molecule has 0 radical (unpaired) electrons. The van der Waals surface area contributed by atoms with E-state index in [-0.39, 0.29) is 24.6 Å². The summed E-state index contributed by atoms with van der Waals surface area (Å²) >= 11 is 12.0. The highest BCUT2D eigenvalue weighted by atomic mass is 35.5. The van der Waals surface area contributed by atoms with Crippen LogP contribution in [0.2, 0.25) is 10.0 Å². The number of benzene rings is 2. The molecular weight excluding hydrogens is 403 g/mol. The lowest BCUT2D eigenvalue weighted by atomic mass is 10.0. The van der Waals surface area contributed by atoms with E-state index in [4.69, 9.17) is 32.7 Å². The maximum Gasteiger partial charge on any atom is 0.255 e. The molecule has 1 N–H and O–H groups in total. The van der Waals surface area contributed by atoms with Gasteiger partial charge in [-0.05, 0) is 49.2 Å². The van der Waals surface area contributed by atoms with Crippen LogP contribution < -0.4 is 14.8 Å². The zero-order chi connectivity index (χ0) is 19.7. The van der Waals surface area contributed by atoms with Crippen molar-refractivity contribution >= 4 is 35.0 Å². The van der Waals surface area contributed by atoms with Crippen LogP contribution in [0, 0.1) is 0 Å². The Morgan fingerprint density at radius 3 is 2.50 bits per heavy atom. The highest BCUT2D eigenvalue weighted by molar-refractivity contribution is 6.36. The van der Waals surface area contributed by atoms with Crippen molar-refractivity contribution in [3.8, 4) is 11.5 Å². The smallest absolute Gasteiger partial charge is 0.255 e. The van der Waals surface area contributed by atoms with Crippen LogP contribution in [0.1, 0.15) is 33.6 Å². The molecule has 2 aromatic rings. The average molecular weight is 421 g/mol. The summed E-state index contributed by atoms with van der Waals surface area (Å²) in [6.07, 6.45) is 1.35. The minimum Gasteiger partial charge on any atom is -0.454 e. The van der Waals surface area contributed by atoms with Gasteiger partial charge in [0.25, 0.3) is 11.8 Å². The normalized spacial score (nSPS) is 16.1. The minimum atomic E-state index is -0.163. The summed E-state index contributed by atoms with van der Waals surface area (Å²) in [6.45, 7) is 1.26. The summed E-state index contributed by atoms with van der Waals surface area (Å²) in [5, 5.41) is 3.86. The number of hydrogen-bond acceptors (Lipinski definition) is 4. The van der Waals surface area contributed by atoms with Crippen LogP contribution >= 0.6 is 23.2 Å². The summed E-state index contributed by atoms with van der Waals surface area (Å²) in [4.78, 5) is 26.9. The molecular formula is C20H18Cl2N2O4. The van der Waals surface area contributed by atoms with E-state index >= 15 is 0 Å². The number of carbonyl (C=O) groups excluding carboxylic acids is 2. The number of carbonyl (C=O) groups is 2. The van der Waals surface area contributed by atoms with Crippen LogP contribution in [0.15, 0.2) is 36.4 Å². The molecule has 28 heavy (non-hydrogen) atoms. The second-order valence-electron chi connectivity index (χ2n) is 6.73. The van der Waals surface area contributed by atoms with Gasteiger partial charge in [0, 0.05) is 29.7 Å². The number of halogens is 2. The van der Waals surface area contributed by atoms with Crippen LogP contribution in [0.4, 0.5) is 0 Å². The highest BCUT2D eigenvalue weighted by Gasteiger charge is 2.26. The van der Waals surface area contributed by atoms with Crippen molar-refractivity contribution in [1.82, 2.24) is 10.2 Å².